The molecule has 0 atom stereocenters. The quantitative estimate of drug-likeness (QED) is 0.826. The van der Waals surface area contributed by atoms with Crippen LogP contribution in [0.4, 0.5) is 0 Å². The zero-order valence-electron chi connectivity index (χ0n) is 9.70. The van der Waals surface area contributed by atoms with Gasteiger partial charge < -0.3 is 9.72 Å². The van der Waals surface area contributed by atoms with E-state index in [0.717, 1.165) is 0 Å². The number of aromatic amines is 1. The summed E-state index contributed by atoms with van der Waals surface area (Å²) in [6.07, 6.45) is 0. The predicted molar refractivity (Wildman–Crippen MR) is 59.3 cm³/mol. The maximum atomic E-state index is 11.3. The Bertz CT molecular complexity index is 369. The maximum absolute atomic E-state index is 11.3. The predicted octanol–water partition coefficient (Wildman–Crippen LogP) is 1.93. The van der Waals surface area contributed by atoms with Gasteiger partial charge in [0.05, 0.1) is 12.7 Å². The summed E-state index contributed by atoms with van der Waals surface area (Å²) in [6, 6.07) is 1.38. The van der Waals surface area contributed by atoms with Gasteiger partial charge in [-0.05, 0) is 5.92 Å². The van der Waals surface area contributed by atoms with Crippen LogP contribution in [0.5, 0.6) is 5.88 Å². The highest BCUT2D eigenvalue weighted by Gasteiger charge is 2.06. The molecule has 15 heavy (non-hydrogen) atoms. The molecule has 1 heterocycles. The van der Waals surface area contributed by atoms with Crippen molar-refractivity contribution >= 4 is 0 Å². The molecule has 0 aromatic carbocycles. The van der Waals surface area contributed by atoms with Crippen molar-refractivity contribution in [2.75, 3.05) is 6.61 Å². The second-order valence-corrected chi connectivity index (χ2v) is 4.33. The Morgan fingerprint density at radius 2 is 2.07 bits per heavy atom. The molecule has 0 aliphatic carbocycles. The Kier molecular flexibility index (Phi) is 3.88. The fourth-order valence-electron chi connectivity index (χ4n) is 1.05. The SMILES string of the molecule is CC(C)COc1cc(=O)[nH]c(C(C)C)n1. The van der Waals surface area contributed by atoms with Crippen molar-refractivity contribution in [1.82, 2.24) is 9.97 Å². The van der Waals surface area contributed by atoms with Crippen LogP contribution in [-0.4, -0.2) is 16.6 Å². The fourth-order valence-corrected chi connectivity index (χ4v) is 1.05. The van der Waals surface area contributed by atoms with Crippen LogP contribution in [0.2, 0.25) is 0 Å². The molecule has 0 fully saturated rings. The lowest BCUT2D eigenvalue weighted by Gasteiger charge is -2.09. The van der Waals surface area contributed by atoms with Crippen molar-refractivity contribution in [2.45, 2.75) is 33.6 Å². The van der Waals surface area contributed by atoms with E-state index in [1.165, 1.54) is 6.07 Å². The maximum Gasteiger partial charge on any atom is 0.254 e. The molecule has 1 N–H and O–H groups in total. The summed E-state index contributed by atoms with van der Waals surface area (Å²) in [7, 11) is 0. The van der Waals surface area contributed by atoms with Crippen LogP contribution in [0.1, 0.15) is 39.4 Å². The van der Waals surface area contributed by atoms with E-state index in [1.54, 1.807) is 0 Å². The highest BCUT2D eigenvalue weighted by atomic mass is 16.5. The molecule has 0 unspecified atom stereocenters. The summed E-state index contributed by atoms with van der Waals surface area (Å²) in [5.74, 6) is 1.70. The summed E-state index contributed by atoms with van der Waals surface area (Å²) >= 11 is 0. The third-order valence-electron chi connectivity index (χ3n) is 1.85. The number of hydrogen-bond acceptors (Lipinski definition) is 3. The summed E-state index contributed by atoms with van der Waals surface area (Å²) in [4.78, 5) is 18.2. The highest BCUT2D eigenvalue weighted by molar-refractivity contribution is 5.10. The van der Waals surface area contributed by atoms with Crippen LogP contribution in [0.15, 0.2) is 10.9 Å². The Morgan fingerprint density at radius 3 is 2.60 bits per heavy atom. The lowest BCUT2D eigenvalue weighted by molar-refractivity contribution is 0.259. The number of rotatable bonds is 4. The molecule has 0 aliphatic rings. The first kappa shape index (κ1) is 11.8. The highest BCUT2D eigenvalue weighted by Crippen LogP contribution is 2.11. The molecule has 0 amide bonds. The van der Waals surface area contributed by atoms with E-state index in [2.05, 4.69) is 23.8 Å². The summed E-state index contributed by atoms with van der Waals surface area (Å²) in [6.45, 7) is 8.63. The number of aromatic nitrogens is 2. The molecule has 0 aliphatic heterocycles. The van der Waals surface area contributed by atoms with Crippen LogP contribution >= 0.6 is 0 Å². The lowest BCUT2D eigenvalue weighted by Crippen LogP contribution is -2.14. The molecular weight excluding hydrogens is 192 g/mol. The molecule has 0 saturated heterocycles. The van der Waals surface area contributed by atoms with Gasteiger partial charge in [-0.2, -0.15) is 4.98 Å². The molecule has 0 spiro atoms. The van der Waals surface area contributed by atoms with Gasteiger partial charge in [-0.3, -0.25) is 4.79 Å². The van der Waals surface area contributed by atoms with Gasteiger partial charge in [0.1, 0.15) is 5.82 Å². The second-order valence-electron chi connectivity index (χ2n) is 4.33. The van der Waals surface area contributed by atoms with Crippen molar-refractivity contribution in [3.05, 3.63) is 22.2 Å². The first-order chi connectivity index (χ1) is 6.99. The molecule has 1 aromatic rings. The zero-order chi connectivity index (χ0) is 11.4. The topological polar surface area (TPSA) is 55.0 Å². The monoisotopic (exact) mass is 210 g/mol. The van der Waals surface area contributed by atoms with E-state index in [1.807, 2.05) is 13.8 Å². The van der Waals surface area contributed by atoms with Crippen LogP contribution in [-0.2, 0) is 0 Å². The van der Waals surface area contributed by atoms with E-state index < -0.39 is 0 Å². The molecule has 4 nitrogen and oxygen atoms in total. The third-order valence-corrected chi connectivity index (χ3v) is 1.85. The number of hydrogen-bond donors (Lipinski definition) is 1. The van der Waals surface area contributed by atoms with Gasteiger partial charge in [-0.15, -0.1) is 0 Å². The second kappa shape index (κ2) is 4.96. The van der Waals surface area contributed by atoms with Gasteiger partial charge in [-0.25, -0.2) is 0 Å². The first-order valence-electron chi connectivity index (χ1n) is 5.23. The van der Waals surface area contributed by atoms with E-state index >= 15 is 0 Å². The number of ether oxygens (including phenoxy) is 1. The smallest absolute Gasteiger partial charge is 0.254 e. The Balaban J connectivity index is 2.84. The average molecular weight is 210 g/mol. The Labute approximate surface area is 89.7 Å². The molecular formula is C11H18N2O2. The average Bonchev–Trinajstić information content (AvgIpc) is 2.13. The zero-order valence-corrected chi connectivity index (χ0v) is 9.70. The number of nitrogens with zero attached hydrogens (tertiary/aromatic N) is 1. The lowest BCUT2D eigenvalue weighted by atomic mass is 10.2. The van der Waals surface area contributed by atoms with E-state index in [9.17, 15) is 4.79 Å². The third kappa shape index (κ3) is 3.73. The van der Waals surface area contributed by atoms with Crippen molar-refractivity contribution in [3.8, 4) is 5.88 Å². The van der Waals surface area contributed by atoms with Crippen LogP contribution in [0.25, 0.3) is 0 Å². The normalized spacial score (nSPS) is 11.1. The van der Waals surface area contributed by atoms with Gasteiger partial charge in [0, 0.05) is 5.92 Å². The summed E-state index contributed by atoms with van der Waals surface area (Å²) < 4.78 is 5.41. The van der Waals surface area contributed by atoms with Crippen molar-refractivity contribution in [2.24, 2.45) is 5.92 Å². The van der Waals surface area contributed by atoms with Crippen LogP contribution in [0.3, 0.4) is 0 Å². The van der Waals surface area contributed by atoms with E-state index in [4.69, 9.17) is 4.74 Å². The molecule has 4 heteroatoms. The largest absolute Gasteiger partial charge is 0.477 e. The molecule has 1 aromatic heterocycles. The fraction of sp³-hybridized carbons (Fsp3) is 0.636. The number of nitrogens with one attached hydrogen (secondary N) is 1. The van der Waals surface area contributed by atoms with Crippen molar-refractivity contribution in [1.29, 1.82) is 0 Å². The van der Waals surface area contributed by atoms with Gasteiger partial charge >= 0.3 is 0 Å². The minimum atomic E-state index is -0.160. The molecule has 0 bridgehead atoms. The Hall–Kier alpha value is -1.32. The summed E-state index contributed by atoms with van der Waals surface area (Å²) in [5, 5.41) is 0. The van der Waals surface area contributed by atoms with Crippen molar-refractivity contribution < 1.29 is 4.74 Å². The van der Waals surface area contributed by atoms with E-state index in [-0.39, 0.29) is 11.5 Å². The Morgan fingerprint density at radius 1 is 1.40 bits per heavy atom. The molecule has 84 valence electrons. The number of H-pyrrole nitrogens is 1. The van der Waals surface area contributed by atoms with Crippen LogP contribution in [0, 0.1) is 5.92 Å². The molecule has 0 saturated carbocycles. The summed E-state index contributed by atoms with van der Waals surface area (Å²) in [5.41, 5.74) is -0.160. The van der Waals surface area contributed by atoms with Crippen LogP contribution < -0.4 is 10.3 Å². The molecule has 0 radical (unpaired) electrons. The standard InChI is InChI=1S/C11H18N2O2/c1-7(2)6-15-10-5-9(14)12-11(13-10)8(3)4/h5,7-8H,6H2,1-4H3,(H,12,13,14). The van der Waals surface area contributed by atoms with Gasteiger partial charge in [0.2, 0.25) is 5.88 Å². The van der Waals surface area contributed by atoms with Gasteiger partial charge in [0.15, 0.2) is 0 Å². The van der Waals surface area contributed by atoms with Gasteiger partial charge in [0.25, 0.3) is 5.56 Å². The molecule has 1 rings (SSSR count). The minimum absolute atomic E-state index is 0.160. The first-order valence-corrected chi connectivity index (χ1v) is 5.23. The van der Waals surface area contributed by atoms with Gasteiger partial charge in [-0.1, -0.05) is 27.7 Å². The van der Waals surface area contributed by atoms with Crippen molar-refractivity contribution in [3.63, 3.8) is 0 Å². The van der Waals surface area contributed by atoms with E-state index in [0.29, 0.717) is 24.2 Å². The minimum Gasteiger partial charge on any atom is -0.477 e.